The highest BCUT2D eigenvalue weighted by Crippen LogP contribution is 2.27. The quantitative estimate of drug-likeness (QED) is 0.581. The molecule has 0 unspecified atom stereocenters. The smallest absolute Gasteiger partial charge is 0.163 e. The highest BCUT2D eigenvalue weighted by molar-refractivity contribution is 5.93. The van der Waals surface area contributed by atoms with E-state index >= 15 is 0 Å². The van der Waals surface area contributed by atoms with Crippen molar-refractivity contribution in [3.8, 4) is 11.4 Å². The van der Waals surface area contributed by atoms with Crippen LogP contribution in [0.3, 0.4) is 0 Å². The molecule has 4 aromatic rings. The van der Waals surface area contributed by atoms with Gasteiger partial charge in [0.15, 0.2) is 5.82 Å². The molecule has 4 rings (SSSR count). The Morgan fingerprint density at radius 3 is 2.81 bits per heavy atom. The summed E-state index contributed by atoms with van der Waals surface area (Å²) in [7, 11) is 2.01. The maximum atomic E-state index is 4.72. The Labute approximate surface area is 121 Å². The zero-order chi connectivity index (χ0) is 14.6. The first-order valence-corrected chi connectivity index (χ1v) is 6.86. The minimum atomic E-state index is 0.724. The van der Waals surface area contributed by atoms with Crippen molar-refractivity contribution in [1.29, 1.82) is 0 Å². The number of nitrogens with zero attached hydrogens (tertiary/aromatic N) is 4. The first-order chi connectivity index (χ1) is 10.1. The van der Waals surface area contributed by atoms with E-state index in [4.69, 9.17) is 4.98 Å². The number of nitrogens with one attached hydrogen (secondary N) is 1. The summed E-state index contributed by atoms with van der Waals surface area (Å²) >= 11 is 0. The van der Waals surface area contributed by atoms with E-state index in [0.717, 1.165) is 39.0 Å². The average Bonchev–Trinajstić information content (AvgIpc) is 3.00. The van der Waals surface area contributed by atoms with Gasteiger partial charge in [0.1, 0.15) is 11.3 Å². The van der Waals surface area contributed by atoms with Gasteiger partial charge in [-0.2, -0.15) is 0 Å². The van der Waals surface area contributed by atoms with Crippen molar-refractivity contribution in [3.63, 3.8) is 0 Å². The lowest BCUT2D eigenvalue weighted by Crippen LogP contribution is -1.93. The van der Waals surface area contributed by atoms with E-state index in [9.17, 15) is 0 Å². The molecule has 5 nitrogen and oxygen atoms in total. The molecule has 0 saturated heterocycles. The van der Waals surface area contributed by atoms with E-state index in [1.54, 1.807) is 0 Å². The van der Waals surface area contributed by atoms with Crippen molar-refractivity contribution in [1.82, 2.24) is 24.5 Å². The monoisotopic (exact) mass is 277 g/mol. The number of rotatable bonds is 1. The van der Waals surface area contributed by atoms with Crippen molar-refractivity contribution in [2.45, 2.75) is 13.8 Å². The van der Waals surface area contributed by atoms with Crippen molar-refractivity contribution < 1.29 is 0 Å². The Morgan fingerprint density at radius 1 is 1.10 bits per heavy atom. The molecule has 0 fully saturated rings. The van der Waals surface area contributed by atoms with Gasteiger partial charge in [-0.1, -0.05) is 0 Å². The second-order valence-corrected chi connectivity index (χ2v) is 5.47. The molecule has 0 aliphatic heterocycles. The van der Waals surface area contributed by atoms with Gasteiger partial charge in [-0.15, -0.1) is 0 Å². The van der Waals surface area contributed by atoms with E-state index in [1.807, 2.05) is 37.1 Å². The van der Waals surface area contributed by atoms with Crippen LogP contribution in [-0.4, -0.2) is 24.5 Å². The van der Waals surface area contributed by atoms with E-state index in [1.165, 1.54) is 5.56 Å². The molecular weight excluding hydrogens is 262 g/mol. The lowest BCUT2D eigenvalue weighted by atomic mass is 10.1. The Hall–Kier alpha value is -2.69. The van der Waals surface area contributed by atoms with Gasteiger partial charge in [-0.3, -0.25) is 0 Å². The van der Waals surface area contributed by atoms with E-state index in [-0.39, 0.29) is 0 Å². The van der Waals surface area contributed by atoms with Gasteiger partial charge in [0, 0.05) is 48.2 Å². The SMILES string of the molecule is Cc1cnc2[nH]cc(-c3ncc4c(C)cn(C)c4n3)c2c1. The lowest BCUT2D eigenvalue weighted by Gasteiger charge is -2.01. The molecule has 0 bridgehead atoms. The number of fused-ring (bicyclic) bond motifs is 2. The molecule has 1 N–H and O–H groups in total. The molecule has 4 aromatic heterocycles. The summed E-state index contributed by atoms with van der Waals surface area (Å²) in [5.41, 5.74) is 5.12. The van der Waals surface area contributed by atoms with Crippen LogP contribution in [0.2, 0.25) is 0 Å². The minimum absolute atomic E-state index is 0.724. The summed E-state index contributed by atoms with van der Waals surface area (Å²) in [6.07, 6.45) is 7.75. The second-order valence-electron chi connectivity index (χ2n) is 5.47. The Kier molecular flexibility index (Phi) is 2.39. The number of aromatic nitrogens is 5. The molecule has 5 heteroatoms. The minimum Gasteiger partial charge on any atom is -0.345 e. The summed E-state index contributed by atoms with van der Waals surface area (Å²) in [6, 6.07) is 2.11. The summed E-state index contributed by atoms with van der Waals surface area (Å²) in [6.45, 7) is 4.11. The molecule has 104 valence electrons. The summed E-state index contributed by atoms with van der Waals surface area (Å²) < 4.78 is 2.04. The third-order valence-electron chi connectivity index (χ3n) is 3.82. The topological polar surface area (TPSA) is 59.4 Å². The standard InChI is InChI=1S/C16H15N5/c1-9-4-11-13(7-18-14(11)17-5-9)15-19-6-12-10(2)8-21(3)16(12)20-15/h4-8H,1-3H3,(H,17,18). The van der Waals surface area contributed by atoms with Gasteiger partial charge < -0.3 is 9.55 Å². The predicted octanol–water partition coefficient (Wildman–Crippen LogP) is 3.13. The fraction of sp³-hybridized carbons (Fsp3) is 0.188. The fourth-order valence-corrected chi connectivity index (χ4v) is 2.76. The van der Waals surface area contributed by atoms with Gasteiger partial charge in [-0.05, 0) is 31.0 Å². The molecule has 0 amide bonds. The molecule has 0 saturated carbocycles. The van der Waals surface area contributed by atoms with Crippen LogP contribution < -0.4 is 0 Å². The highest BCUT2D eigenvalue weighted by atomic mass is 15.0. The van der Waals surface area contributed by atoms with Gasteiger partial charge in [-0.25, -0.2) is 15.0 Å². The molecule has 0 radical (unpaired) electrons. The average molecular weight is 277 g/mol. The molecule has 4 heterocycles. The van der Waals surface area contributed by atoms with Gasteiger partial charge in [0.2, 0.25) is 0 Å². The highest BCUT2D eigenvalue weighted by Gasteiger charge is 2.12. The number of aromatic amines is 1. The Balaban J connectivity index is 1.99. The predicted molar refractivity (Wildman–Crippen MR) is 83.1 cm³/mol. The molecule has 0 aliphatic carbocycles. The van der Waals surface area contributed by atoms with Crippen molar-refractivity contribution in [3.05, 3.63) is 42.0 Å². The molecular formula is C16H15N5. The third-order valence-corrected chi connectivity index (χ3v) is 3.82. The molecule has 0 aliphatic rings. The van der Waals surface area contributed by atoms with Crippen molar-refractivity contribution in [2.75, 3.05) is 0 Å². The van der Waals surface area contributed by atoms with E-state index < -0.39 is 0 Å². The van der Waals surface area contributed by atoms with Crippen LogP contribution in [0.25, 0.3) is 33.5 Å². The van der Waals surface area contributed by atoms with Crippen molar-refractivity contribution in [2.24, 2.45) is 7.05 Å². The van der Waals surface area contributed by atoms with Crippen LogP contribution >= 0.6 is 0 Å². The largest absolute Gasteiger partial charge is 0.345 e. The molecule has 0 atom stereocenters. The van der Waals surface area contributed by atoms with Gasteiger partial charge in [0.05, 0.1) is 0 Å². The first-order valence-electron chi connectivity index (χ1n) is 6.86. The zero-order valence-electron chi connectivity index (χ0n) is 12.2. The first kappa shape index (κ1) is 12.1. The van der Waals surface area contributed by atoms with Gasteiger partial charge in [0.25, 0.3) is 0 Å². The van der Waals surface area contributed by atoms with Crippen LogP contribution in [0.1, 0.15) is 11.1 Å². The maximum Gasteiger partial charge on any atom is 0.163 e. The molecule has 0 spiro atoms. The van der Waals surface area contributed by atoms with E-state index in [2.05, 4.69) is 34.1 Å². The summed E-state index contributed by atoms with van der Waals surface area (Å²) in [4.78, 5) is 16.8. The van der Waals surface area contributed by atoms with Crippen molar-refractivity contribution >= 4 is 22.1 Å². The Bertz CT molecular complexity index is 977. The molecule has 0 aromatic carbocycles. The number of aryl methyl sites for hydroxylation is 3. The van der Waals surface area contributed by atoms with Crippen LogP contribution in [0, 0.1) is 13.8 Å². The summed E-state index contributed by atoms with van der Waals surface area (Å²) in [5, 5.41) is 2.15. The van der Waals surface area contributed by atoms with Crippen LogP contribution in [0.15, 0.2) is 30.9 Å². The maximum absolute atomic E-state index is 4.72. The van der Waals surface area contributed by atoms with Crippen LogP contribution in [-0.2, 0) is 7.05 Å². The van der Waals surface area contributed by atoms with Gasteiger partial charge >= 0.3 is 0 Å². The number of pyridine rings is 1. The summed E-state index contributed by atoms with van der Waals surface area (Å²) in [5.74, 6) is 0.724. The molecule has 21 heavy (non-hydrogen) atoms. The van der Waals surface area contributed by atoms with E-state index in [0.29, 0.717) is 0 Å². The fourth-order valence-electron chi connectivity index (χ4n) is 2.76. The van der Waals surface area contributed by atoms with Crippen LogP contribution in [0.4, 0.5) is 0 Å². The number of hydrogen-bond donors (Lipinski definition) is 1. The number of H-pyrrole nitrogens is 1. The zero-order valence-corrected chi connectivity index (χ0v) is 12.2. The lowest BCUT2D eigenvalue weighted by molar-refractivity contribution is 0.941. The number of hydrogen-bond acceptors (Lipinski definition) is 3. The Morgan fingerprint density at radius 2 is 1.95 bits per heavy atom. The third kappa shape index (κ3) is 1.74. The second kappa shape index (κ2) is 4.15. The normalized spacial score (nSPS) is 11.6. The van der Waals surface area contributed by atoms with Crippen LogP contribution in [0.5, 0.6) is 0 Å².